The van der Waals surface area contributed by atoms with E-state index in [1.165, 1.54) is 65.5 Å². The van der Waals surface area contributed by atoms with Crippen molar-refractivity contribution in [3.8, 4) is 45.1 Å². The molecule has 0 amide bonds. The fraction of sp³-hybridized carbons (Fsp3) is 0. The molecule has 0 fully saturated rings. The minimum Gasteiger partial charge on any atom is -0.437 e. The van der Waals surface area contributed by atoms with Crippen LogP contribution in [-0.2, 0) is 0 Å². The van der Waals surface area contributed by atoms with E-state index in [-0.39, 0.29) is 0 Å². The second kappa shape index (κ2) is 12.4. The van der Waals surface area contributed by atoms with Gasteiger partial charge in [0.25, 0.3) is 0 Å². The van der Waals surface area contributed by atoms with Crippen LogP contribution < -0.4 is 0 Å². The first kappa shape index (κ1) is 33.9. The van der Waals surface area contributed by atoms with E-state index in [9.17, 15) is 0 Å². The zero-order valence-corrected chi connectivity index (χ0v) is 34.2. The van der Waals surface area contributed by atoms with Crippen LogP contribution in [0.1, 0.15) is 0 Å². The van der Waals surface area contributed by atoms with Gasteiger partial charge in [-0.1, -0.05) is 140 Å². The molecule has 0 unspecified atom stereocenters. The van der Waals surface area contributed by atoms with Crippen LogP contribution in [0.5, 0.6) is 0 Å². The van der Waals surface area contributed by atoms with Gasteiger partial charge in [-0.25, -0.2) is 4.98 Å². The van der Waals surface area contributed by atoms with Crippen molar-refractivity contribution in [2.24, 2.45) is 0 Å². The molecule has 0 bridgehead atoms. The van der Waals surface area contributed by atoms with Crippen LogP contribution in [0, 0.1) is 0 Å². The van der Waals surface area contributed by atoms with Crippen LogP contribution in [0.3, 0.4) is 0 Å². The molecule has 6 heterocycles. The third-order valence-corrected chi connectivity index (χ3v) is 13.6. The minimum atomic E-state index is 0.556. The first-order chi connectivity index (χ1) is 31.8. The molecule has 0 spiro atoms. The van der Waals surface area contributed by atoms with Crippen molar-refractivity contribution in [1.29, 1.82) is 0 Å². The summed E-state index contributed by atoms with van der Waals surface area (Å²) in [4.78, 5) is 11.0. The molecule has 9 aromatic carbocycles. The number of para-hydroxylation sites is 3. The molecule has 0 aliphatic rings. The topological polar surface area (TPSA) is 53.2 Å². The Hall–Kier alpha value is -8.74. The number of rotatable bonds is 5. The lowest BCUT2D eigenvalue weighted by Crippen LogP contribution is -2.03. The Morgan fingerprint density at radius 2 is 0.922 bits per heavy atom. The molecule has 296 valence electrons. The van der Waals surface area contributed by atoms with Gasteiger partial charge < -0.3 is 13.4 Å². The quantitative estimate of drug-likeness (QED) is 0.174. The fourth-order valence-electron chi connectivity index (χ4n) is 10.9. The summed E-state index contributed by atoms with van der Waals surface area (Å²) in [6, 6.07) is 71.6. The Kier molecular flexibility index (Phi) is 6.59. The highest BCUT2D eigenvalue weighted by Crippen LogP contribution is 2.49. The lowest BCUT2D eigenvalue weighted by molar-refractivity contribution is 0.651. The van der Waals surface area contributed by atoms with Crippen molar-refractivity contribution < 1.29 is 4.42 Å². The second-order valence-electron chi connectivity index (χ2n) is 16.9. The summed E-state index contributed by atoms with van der Waals surface area (Å²) in [6.45, 7) is 0. The van der Waals surface area contributed by atoms with Crippen molar-refractivity contribution in [3.05, 3.63) is 200 Å². The van der Waals surface area contributed by atoms with Gasteiger partial charge in [0.1, 0.15) is 5.58 Å². The molecule has 0 aliphatic carbocycles. The highest BCUT2D eigenvalue weighted by molar-refractivity contribution is 6.38. The van der Waals surface area contributed by atoms with Gasteiger partial charge in [0.15, 0.2) is 0 Å². The number of hydrogen-bond donors (Lipinski definition) is 0. The second-order valence-corrected chi connectivity index (χ2v) is 16.9. The first-order valence-corrected chi connectivity index (χ1v) is 21.7. The highest BCUT2D eigenvalue weighted by atomic mass is 16.3. The van der Waals surface area contributed by atoms with Crippen molar-refractivity contribution in [2.45, 2.75) is 0 Å². The Morgan fingerprint density at radius 1 is 0.344 bits per heavy atom. The van der Waals surface area contributed by atoms with E-state index in [0.29, 0.717) is 11.7 Å². The third-order valence-electron chi connectivity index (χ3n) is 13.6. The highest BCUT2D eigenvalue weighted by Gasteiger charge is 2.29. The van der Waals surface area contributed by atoms with E-state index >= 15 is 0 Å². The van der Waals surface area contributed by atoms with E-state index in [0.717, 1.165) is 61.0 Å². The Morgan fingerprint density at radius 3 is 1.77 bits per heavy atom. The largest absolute Gasteiger partial charge is 0.437 e. The fourth-order valence-corrected chi connectivity index (χ4v) is 10.9. The summed E-state index contributed by atoms with van der Waals surface area (Å²) >= 11 is 0. The van der Waals surface area contributed by atoms with Gasteiger partial charge in [-0.3, -0.25) is 4.57 Å². The Bertz CT molecular complexity index is 4340. The number of hydrogen-bond acceptors (Lipinski definition) is 3. The first-order valence-electron chi connectivity index (χ1n) is 21.7. The van der Waals surface area contributed by atoms with Crippen LogP contribution in [0.2, 0.25) is 0 Å². The molecule has 0 atom stereocenters. The zero-order valence-electron chi connectivity index (χ0n) is 34.2. The average Bonchev–Trinajstić information content (AvgIpc) is 4.08. The molecule has 0 radical (unpaired) electrons. The molecule has 0 N–H and O–H groups in total. The van der Waals surface area contributed by atoms with Crippen molar-refractivity contribution in [1.82, 2.24) is 23.5 Å². The van der Waals surface area contributed by atoms with Gasteiger partial charge in [0.2, 0.25) is 11.7 Å². The van der Waals surface area contributed by atoms with E-state index in [4.69, 9.17) is 14.4 Å². The van der Waals surface area contributed by atoms with Crippen LogP contribution in [0.25, 0.3) is 138 Å². The zero-order chi connectivity index (χ0) is 41.6. The molecule has 6 heteroatoms. The Balaban J connectivity index is 1.05. The number of aromatic nitrogens is 5. The third kappa shape index (κ3) is 4.43. The average molecular weight is 816 g/mol. The van der Waals surface area contributed by atoms with E-state index in [1.807, 2.05) is 12.1 Å². The van der Waals surface area contributed by atoms with Crippen LogP contribution >= 0.6 is 0 Å². The van der Waals surface area contributed by atoms with E-state index in [2.05, 4.69) is 202 Å². The number of furan rings is 1. The molecule has 6 nitrogen and oxygen atoms in total. The summed E-state index contributed by atoms with van der Waals surface area (Å²) < 4.78 is 13.9. The van der Waals surface area contributed by atoms with Gasteiger partial charge in [-0.2, -0.15) is 4.98 Å². The molecule has 15 rings (SSSR count). The molecular weight excluding hydrogens is 783 g/mol. The number of benzene rings is 9. The minimum absolute atomic E-state index is 0.556. The summed E-state index contributed by atoms with van der Waals surface area (Å²) in [5.74, 6) is 0.563. The Labute approximate surface area is 364 Å². The lowest BCUT2D eigenvalue weighted by atomic mass is 9.97. The molecule has 6 aromatic heterocycles. The van der Waals surface area contributed by atoms with Crippen LogP contribution in [-0.4, -0.2) is 23.5 Å². The van der Waals surface area contributed by atoms with E-state index in [1.54, 1.807) is 0 Å². The van der Waals surface area contributed by atoms with E-state index < -0.39 is 0 Å². The summed E-state index contributed by atoms with van der Waals surface area (Å²) in [5.41, 5.74) is 16.9. The van der Waals surface area contributed by atoms with Gasteiger partial charge in [-0.15, -0.1) is 0 Å². The van der Waals surface area contributed by atoms with Crippen molar-refractivity contribution >= 4 is 93.0 Å². The van der Waals surface area contributed by atoms with Gasteiger partial charge >= 0.3 is 0 Å². The van der Waals surface area contributed by atoms with Crippen LogP contribution in [0.4, 0.5) is 0 Å². The maximum Gasteiger partial charge on any atom is 0.238 e. The number of nitrogens with zero attached hydrogens (tertiary/aromatic N) is 5. The molecule has 0 aliphatic heterocycles. The smallest absolute Gasteiger partial charge is 0.238 e. The normalized spacial score (nSPS) is 12.4. The van der Waals surface area contributed by atoms with Gasteiger partial charge in [-0.05, 0) is 82.9 Å². The standard InChI is InChI=1S/C58H33N5O/c1-3-13-34(14-4-1)35-25-27-36(28-26-35)37-15-11-16-38(33-37)55-50-42-20-8-10-24-49(42)64-57(50)60-58(59-55)63-47-32-31-46-52-51-44(61(46)39-17-5-2-6-18-39)22-12-23-45(51)62-43-21-9-7-19-40(43)41-29-30-48(63)54(53(47)52)56(41)62/h1-33H. The predicted molar refractivity (Wildman–Crippen MR) is 263 cm³/mol. The maximum atomic E-state index is 6.67. The maximum absolute atomic E-state index is 6.67. The molecular formula is C58H33N5O. The molecule has 15 aromatic rings. The lowest BCUT2D eigenvalue weighted by Gasteiger charge is -2.11. The molecule has 64 heavy (non-hydrogen) atoms. The number of fused-ring (bicyclic) bond motifs is 7. The molecule has 0 saturated carbocycles. The van der Waals surface area contributed by atoms with Crippen molar-refractivity contribution in [3.63, 3.8) is 0 Å². The van der Waals surface area contributed by atoms with Crippen molar-refractivity contribution in [2.75, 3.05) is 0 Å². The summed E-state index contributed by atoms with van der Waals surface area (Å²) in [7, 11) is 0. The monoisotopic (exact) mass is 815 g/mol. The summed E-state index contributed by atoms with van der Waals surface area (Å²) in [5, 5.41) is 9.18. The van der Waals surface area contributed by atoms with Gasteiger partial charge in [0, 0.05) is 49.0 Å². The molecule has 0 saturated heterocycles. The predicted octanol–water partition coefficient (Wildman–Crippen LogP) is 15.0. The summed E-state index contributed by atoms with van der Waals surface area (Å²) in [6.07, 6.45) is 0. The van der Waals surface area contributed by atoms with Crippen LogP contribution in [0.15, 0.2) is 205 Å². The van der Waals surface area contributed by atoms with Gasteiger partial charge in [0.05, 0.1) is 49.7 Å². The SMILES string of the molecule is c1ccc(-c2ccc(-c3cccc(-c4nc(-n5c6ccc7c8c6c6c5ccc5c9ccccc9n(c9cccc(c89)n7-c7ccccc7)c56)nc5oc6ccccc6c45)c3)cc2)cc1.